The number of rotatable bonds is 8. The zero-order valence-electron chi connectivity index (χ0n) is 17.1. The second-order valence-corrected chi connectivity index (χ2v) is 7.32. The Morgan fingerprint density at radius 2 is 1.88 bits per heavy atom. The molecule has 0 unspecified atom stereocenters. The number of carbonyl (C=O) groups is 1. The normalized spacial score (nSPS) is 11.0. The lowest BCUT2D eigenvalue weighted by atomic mass is 10.1. The molecule has 160 valence electrons. The molecule has 2 heterocycles. The largest absolute Gasteiger partial charge is 0.348 e. The fourth-order valence-corrected chi connectivity index (χ4v) is 3.27. The van der Waals surface area contributed by atoms with Crippen molar-refractivity contribution in [2.24, 2.45) is 4.99 Å². The van der Waals surface area contributed by atoms with Crippen molar-refractivity contribution in [3.8, 4) is 11.1 Å². The van der Waals surface area contributed by atoms with Crippen LogP contribution in [0.15, 0.2) is 90.4 Å². The molecule has 0 aliphatic rings. The topological polar surface area (TPSA) is 86.3 Å². The van der Waals surface area contributed by atoms with Crippen LogP contribution in [0, 0.1) is 0 Å². The highest BCUT2D eigenvalue weighted by Gasteiger charge is 2.08. The molecule has 7 nitrogen and oxygen atoms in total. The summed E-state index contributed by atoms with van der Waals surface area (Å²) in [6.45, 7) is 0.615. The number of aromatic nitrogens is 3. The highest BCUT2D eigenvalue weighted by Crippen LogP contribution is 2.22. The number of imidazole rings is 1. The summed E-state index contributed by atoms with van der Waals surface area (Å²) >= 11 is 5.88. The van der Waals surface area contributed by atoms with Gasteiger partial charge < -0.3 is 4.98 Å². The molecule has 8 heteroatoms. The molecule has 0 saturated heterocycles. The van der Waals surface area contributed by atoms with E-state index in [1.165, 1.54) is 18.6 Å². The van der Waals surface area contributed by atoms with Crippen molar-refractivity contribution < 1.29 is 4.79 Å². The second kappa shape index (κ2) is 10.5. The molecule has 2 N–H and O–H groups in total. The van der Waals surface area contributed by atoms with Gasteiger partial charge in [0.15, 0.2) is 0 Å². The molecule has 2 aromatic carbocycles. The molecule has 0 spiro atoms. The van der Waals surface area contributed by atoms with Crippen molar-refractivity contribution in [1.82, 2.24) is 20.4 Å². The molecular weight excluding hydrogens is 424 g/mol. The van der Waals surface area contributed by atoms with Crippen LogP contribution in [-0.4, -0.2) is 33.7 Å². The minimum atomic E-state index is -0.407. The molecule has 0 atom stereocenters. The predicted molar refractivity (Wildman–Crippen MR) is 127 cm³/mol. The quantitative estimate of drug-likeness (QED) is 0.180. The Balaban J connectivity index is 1.51. The van der Waals surface area contributed by atoms with Gasteiger partial charge in [-0.15, -0.1) is 0 Å². The first kappa shape index (κ1) is 21.4. The number of pyridine rings is 1. The van der Waals surface area contributed by atoms with Crippen LogP contribution in [0.1, 0.15) is 16.1 Å². The SMILES string of the molecule is O=C(N=CN(NCCc1cnc[nH]1)c1ccc(-c2ccccc2)cc1)c1ccnc(Cl)c1. The molecule has 0 aliphatic carbocycles. The van der Waals surface area contributed by atoms with Crippen molar-refractivity contribution in [3.63, 3.8) is 0 Å². The number of nitrogens with zero attached hydrogens (tertiary/aromatic N) is 4. The van der Waals surface area contributed by atoms with E-state index in [1.54, 1.807) is 23.6 Å². The maximum Gasteiger partial charge on any atom is 0.278 e. The maximum atomic E-state index is 12.5. The van der Waals surface area contributed by atoms with Crippen molar-refractivity contribution >= 4 is 29.5 Å². The Labute approximate surface area is 190 Å². The number of halogens is 1. The predicted octanol–water partition coefficient (Wildman–Crippen LogP) is 4.55. The number of hydrazine groups is 1. The highest BCUT2D eigenvalue weighted by atomic mass is 35.5. The fourth-order valence-electron chi connectivity index (χ4n) is 3.10. The van der Waals surface area contributed by atoms with E-state index in [-0.39, 0.29) is 5.15 Å². The molecule has 0 radical (unpaired) electrons. The molecule has 0 saturated carbocycles. The molecule has 4 rings (SSSR count). The van der Waals surface area contributed by atoms with E-state index in [0.29, 0.717) is 12.1 Å². The standard InChI is InChI=1S/C24H21ClN6O/c25-23-14-20(10-12-27-23)24(32)29-17-31(30-13-11-21-15-26-16-28-21)22-8-6-19(7-9-22)18-4-2-1-3-5-18/h1-10,12,14-17,30H,11,13H2,(H,26,28). The third-order valence-electron chi connectivity index (χ3n) is 4.75. The van der Waals surface area contributed by atoms with E-state index in [2.05, 4.69) is 37.5 Å². The van der Waals surface area contributed by atoms with Gasteiger partial charge in [-0.25, -0.2) is 15.4 Å². The number of hydrogen-bond donors (Lipinski definition) is 2. The number of aromatic amines is 1. The first-order valence-corrected chi connectivity index (χ1v) is 10.4. The van der Waals surface area contributed by atoms with Gasteiger partial charge in [0.25, 0.3) is 5.91 Å². The summed E-state index contributed by atoms with van der Waals surface area (Å²) in [5.41, 5.74) is 7.77. The summed E-state index contributed by atoms with van der Waals surface area (Å²) < 4.78 is 0. The van der Waals surface area contributed by atoms with Crippen molar-refractivity contribution in [1.29, 1.82) is 0 Å². The summed E-state index contributed by atoms with van der Waals surface area (Å²) in [5.74, 6) is -0.407. The van der Waals surface area contributed by atoms with Crippen LogP contribution in [0.3, 0.4) is 0 Å². The molecule has 0 fully saturated rings. The van der Waals surface area contributed by atoms with Crippen molar-refractivity contribution in [2.45, 2.75) is 6.42 Å². The minimum Gasteiger partial charge on any atom is -0.348 e. The molecule has 32 heavy (non-hydrogen) atoms. The van der Waals surface area contributed by atoms with E-state index in [1.807, 2.05) is 42.5 Å². The Morgan fingerprint density at radius 1 is 1.09 bits per heavy atom. The summed E-state index contributed by atoms with van der Waals surface area (Å²) in [7, 11) is 0. The van der Waals surface area contributed by atoms with Crippen molar-refractivity contribution in [3.05, 3.63) is 102 Å². The van der Waals surface area contributed by atoms with Gasteiger partial charge in [-0.05, 0) is 35.4 Å². The molecular formula is C24H21ClN6O. The van der Waals surface area contributed by atoms with E-state index in [9.17, 15) is 4.79 Å². The third kappa shape index (κ3) is 5.66. The zero-order valence-corrected chi connectivity index (χ0v) is 17.9. The van der Waals surface area contributed by atoms with Crippen LogP contribution in [0.25, 0.3) is 11.1 Å². The number of benzene rings is 2. The smallest absolute Gasteiger partial charge is 0.278 e. The zero-order chi connectivity index (χ0) is 22.2. The van der Waals surface area contributed by atoms with Crippen LogP contribution < -0.4 is 10.4 Å². The van der Waals surface area contributed by atoms with Crippen LogP contribution >= 0.6 is 11.6 Å². The highest BCUT2D eigenvalue weighted by molar-refractivity contribution is 6.29. The van der Waals surface area contributed by atoms with Crippen LogP contribution in [0.4, 0.5) is 5.69 Å². The van der Waals surface area contributed by atoms with Gasteiger partial charge in [0.1, 0.15) is 11.5 Å². The van der Waals surface area contributed by atoms with E-state index in [0.717, 1.165) is 28.9 Å². The number of carbonyl (C=O) groups excluding carboxylic acids is 1. The Bertz CT molecular complexity index is 1180. The Morgan fingerprint density at radius 3 is 2.59 bits per heavy atom. The van der Waals surface area contributed by atoms with E-state index < -0.39 is 5.91 Å². The second-order valence-electron chi connectivity index (χ2n) is 6.93. The van der Waals surface area contributed by atoms with Crippen LogP contribution in [0.5, 0.6) is 0 Å². The van der Waals surface area contributed by atoms with Gasteiger partial charge in [-0.2, -0.15) is 4.99 Å². The average Bonchev–Trinajstić information content (AvgIpc) is 3.35. The number of H-pyrrole nitrogens is 1. The molecule has 2 aromatic heterocycles. The summed E-state index contributed by atoms with van der Waals surface area (Å²) in [4.78, 5) is 27.6. The minimum absolute atomic E-state index is 0.247. The van der Waals surface area contributed by atoms with Gasteiger partial charge >= 0.3 is 0 Å². The van der Waals surface area contributed by atoms with Gasteiger partial charge in [0.05, 0.1) is 12.0 Å². The van der Waals surface area contributed by atoms with Gasteiger partial charge in [-0.3, -0.25) is 9.80 Å². The summed E-state index contributed by atoms with van der Waals surface area (Å²) in [6, 6.07) is 21.2. The van der Waals surface area contributed by atoms with Crippen LogP contribution in [0.2, 0.25) is 5.15 Å². The van der Waals surface area contributed by atoms with Crippen molar-refractivity contribution in [2.75, 3.05) is 11.6 Å². The first-order valence-electron chi connectivity index (χ1n) is 10.0. The monoisotopic (exact) mass is 444 g/mol. The number of amides is 1. The van der Waals surface area contributed by atoms with Crippen LogP contribution in [-0.2, 0) is 6.42 Å². The third-order valence-corrected chi connectivity index (χ3v) is 4.95. The fraction of sp³-hybridized carbons (Fsp3) is 0.0833. The van der Waals surface area contributed by atoms with Gasteiger partial charge in [0.2, 0.25) is 0 Å². The lowest BCUT2D eigenvalue weighted by Crippen LogP contribution is -2.38. The molecule has 0 bridgehead atoms. The van der Waals surface area contributed by atoms with Gasteiger partial charge in [0, 0.05) is 36.6 Å². The van der Waals surface area contributed by atoms with Gasteiger partial charge in [-0.1, -0.05) is 54.1 Å². The summed E-state index contributed by atoms with van der Waals surface area (Å²) in [6.07, 6.45) is 7.12. The lowest BCUT2D eigenvalue weighted by Gasteiger charge is -2.21. The molecule has 4 aromatic rings. The number of nitrogens with one attached hydrogen (secondary N) is 2. The lowest BCUT2D eigenvalue weighted by molar-refractivity contribution is 0.100. The maximum absolute atomic E-state index is 12.5. The molecule has 0 aliphatic heterocycles. The van der Waals surface area contributed by atoms with E-state index in [4.69, 9.17) is 11.6 Å². The Hall–Kier alpha value is -3.81. The molecule has 1 amide bonds. The number of hydrogen-bond acceptors (Lipinski definition) is 4. The van der Waals surface area contributed by atoms with E-state index >= 15 is 0 Å². The summed E-state index contributed by atoms with van der Waals surface area (Å²) in [5, 5.41) is 1.98. The first-order chi connectivity index (χ1) is 15.7. The average molecular weight is 445 g/mol. The Kier molecular flexibility index (Phi) is 7.01. The number of aliphatic imine (C=N–C) groups is 1. The number of anilines is 1.